The number of carboxylic acid groups (broad SMARTS) is 1. The molecular formula is C26H20BrFN2O5S. The largest absolute Gasteiger partial charge is 0.493 e. The molecule has 0 aliphatic carbocycles. The van der Waals surface area contributed by atoms with E-state index in [0.717, 1.165) is 0 Å². The Bertz CT molecular complexity index is 1410. The third kappa shape index (κ3) is 5.60. The molecule has 1 aliphatic rings. The van der Waals surface area contributed by atoms with Crippen molar-refractivity contribution in [3.8, 4) is 11.5 Å². The molecule has 1 heterocycles. The van der Waals surface area contributed by atoms with Crippen LogP contribution in [0.15, 0.2) is 75.0 Å². The Morgan fingerprint density at radius 2 is 1.97 bits per heavy atom. The number of hydrogen-bond acceptors (Lipinski definition) is 6. The molecular weight excluding hydrogens is 551 g/mol. The lowest BCUT2D eigenvalue weighted by Gasteiger charge is -2.14. The van der Waals surface area contributed by atoms with Crippen LogP contribution in [0.2, 0.25) is 0 Å². The molecule has 0 aromatic heterocycles. The van der Waals surface area contributed by atoms with E-state index in [1.165, 1.54) is 42.0 Å². The molecule has 0 spiro atoms. The third-order valence-corrected chi connectivity index (χ3v) is 6.85. The van der Waals surface area contributed by atoms with E-state index in [0.29, 0.717) is 42.9 Å². The van der Waals surface area contributed by atoms with Crippen LogP contribution >= 0.6 is 27.7 Å². The molecule has 36 heavy (non-hydrogen) atoms. The number of aromatic carboxylic acids is 1. The van der Waals surface area contributed by atoms with Gasteiger partial charge < -0.3 is 14.6 Å². The molecule has 0 radical (unpaired) electrons. The van der Waals surface area contributed by atoms with Gasteiger partial charge in [-0.2, -0.15) is 0 Å². The maximum absolute atomic E-state index is 14.0. The Kier molecular flexibility index (Phi) is 7.76. The van der Waals surface area contributed by atoms with Crippen molar-refractivity contribution in [3.05, 3.63) is 92.5 Å². The SMILES string of the molecule is COc1cc(C=C2SC(=Nc3cccc(C(=O)O)c3)N(C)C2=O)cc(Br)c1OCc1ccccc1F. The van der Waals surface area contributed by atoms with Gasteiger partial charge >= 0.3 is 5.97 Å². The van der Waals surface area contributed by atoms with Crippen LogP contribution in [-0.4, -0.2) is 41.2 Å². The third-order valence-electron chi connectivity index (χ3n) is 5.20. The fraction of sp³-hybridized carbons (Fsp3) is 0.115. The highest BCUT2D eigenvalue weighted by Gasteiger charge is 2.30. The first-order chi connectivity index (χ1) is 17.3. The highest BCUT2D eigenvalue weighted by Crippen LogP contribution is 2.39. The zero-order valence-corrected chi connectivity index (χ0v) is 21.6. The lowest BCUT2D eigenvalue weighted by atomic mass is 10.1. The van der Waals surface area contributed by atoms with Gasteiger partial charge in [-0.3, -0.25) is 9.69 Å². The molecule has 1 aliphatic heterocycles. The number of halogens is 2. The van der Waals surface area contributed by atoms with Crippen LogP contribution in [0.3, 0.4) is 0 Å². The lowest BCUT2D eigenvalue weighted by molar-refractivity contribution is -0.121. The number of carbonyl (C=O) groups is 2. The molecule has 1 N–H and O–H groups in total. The second-order valence-corrected chi connectivity index (χ2v) is 9.50. The Labute approximate surface area is 219 Å². The van der Waals surface area contributed by atoms with E-state index in [9.17, 15) is 19.1 Å². The minimum Gasteiger partial charge on any atom is -0.493 e. The van der Waals surface area contributed by atoms with Crippen molar-refractivity contribution in [3.63, 3.8) is 0 Å². The summed E-state index contributed by atoms with van der Waals surface area (Å²) in [5, 5.41) is 9.61. The Hall–Kier alpha value is -3.63. The summed E-state index contributed by atoms with van der Waals surface area (Å²) in [6, 6.07) is 16.0. The normalized spacial score (nSPS) is 15.6. The van der Waals surface area contributed by atoms with Crippen LogP contribution in [0.25, 0.3) is 6.08 Å². The molecule has 1 saturated heterocycles. The van der Waals surface area contributed by atoms with Gasteiger partial charge in [0.1, 0.15) is 12.4 Å². The fourth-order valence-electron chi connectivity index (χ4n) is 3.35. The van der Waals surface area contributed by atoms with E-state index >= 15 is 0 Å². The van der Waals surface area contributed by atoms with Crippen LogP contribution < -0.4 is 9.47 Å². The summed E-state index contributed by atoms with van der Waals surface area (Å²) in [5.74, 6) is -0.839. The van der Waals surface area contributed by atoms with Crippen LogP contribution in [-0.2, 0) is 11.4 Å². The van der Waals surface area contributed by atoms with Gasteiger partial charge in [-0.05, 0) is 75.7 Å². The fourth-order valence-corrected chi connectivity index (χ4v) is 4.91. The first-order valence-corrected chi connectivity index (χ1v) is 12.2. The number of methoxy groups -OCH3 is 1. The van der Waals surface area contributed by atoms with Crippen LogP contribution in [0, 0.1) is 5.82 Å². The number of hydrogen-bond donors (Lipinski definition) is 1. The van der Waals surface area contributed by atoms with Crippen molar-refractivity contribution in [2.45, 2.75) is 6.61 Å². The average Bonchev–Trinajstić information content (AvgIpc) is 3.11. The first kappa shape index (κ1) is 25.5. The molecule has 0 atom stereocenters. The molecule has 0 unspecified atom stereocenters. The average molecular weight is 571 g/mol. The molecule has 1 fully saturated rings. The number of likely N-dealkylation sites (N-methyl/N-ethyl adjacent to an activating group) is 1. The summed E-state index contributed by atoms with van der Waals surface area (Å²) in [5.41, 5.74) is 1.63. The minimum atomic E-state index is -1.05. The highest BCUT2D eigenvalue weighted by atomic mass is 79.9. The Morgan fingerprint density at radius 3 is 2.69 bits per heavy atom. The molecule has 0 saturated carbocycles. The van der Waals surface area contributed by atoms with Gasteiger partial charge in [-0.15, -0.1) is 0 Å². The van der Waals surface area contributed by atoms with Gasteiger partial charge in [0, 0.05) is 12.6 Å². The number of carbonyl (C=O) groups excluding carboxylic acids is 1. The van der Waals surface area contributed by atoms with Crippen molar-refractivity contribution < 1.29 is 28.6 Å². The maximum Gasteiger partial charge on any atom is 0.335 e. The molecule has 0 bridgehead atoms. The van der Waals surface area contributed by atoms with Crippen molar-refractivity contribution >= 4 is 56.5 Å². The zero-order valence-electron chi connectivity index (χ0n) is 19.2. The number of aliphatic imine (C=N–C) groups is 1. The monoisotopic (exact) mass is 570 g/mol. The van der Waals surface area contributed by atoms with Crippen molar-refractivity contribution in [2.75, 3.05) is 14.2 Å². The van der Waals surface area contributed by atoms with E-state index < -0.39 is 5.97 Å². The van der Waals surface area contributed by atoms with Gasteiger partial charge in [0.15, 0.2) is 16.7 Å². The lowest BCUT2D eigenvalue weighted by Crippen LogP contribution is -2.23. The van der Waals surface area contributed by atoms with Gasteiger partial charge in [-0.1, -0.05) is 24.3 Å². The van der Waals surface area contributed by atoms with Gasteiger partial charge in [0.2, 0.25) is 0 Å². The van der Waals surface area contributed by atoms with Crippen molar-refractivity contribution in [1.29, 1.82) is 0 Å². The molecule has 10 heteroatoms. The first-order valence-electron chi connectivity index (χ1n) is 10.6. The number of carboxylic acids is 1. The van der Waals surface area contributed by atoms with Crippen molar-refractivity contribution in [2.24, 2.45) is 4.99 Å². The summed E-state index contributed by atoms with van der Waals surface area (Å²) in [6.07, 6.45) is 1.70. The van der Waals surface area contributed by atoms with E-state index in [1.54, 1.807) is 55.6 Å². The predicted octanol–water partition coefficient (Wildman–Crippen LogP) is 6.11. The minimum absolute atomic E-state index is 0.0180. The zero-order chi connectivity index (χ0) is 25.8. The molecule has 4 rings (SSSR count). The van der Waals surface area contributed by atoms with Crippen molar-refractivity contribution in [1.82, 2.24) is 4.90 Å². The number of nitrogens with zero attached hydrogens (tertiary/aromatic N) is 2. The summed E-state index contributed by atoms with van der Waals surface area (Å²) >= 11 is 4.65. The topological polar surface area (TPSA) is 88.4 Å². The molecule has 1 amide bonds. The van der Waals surface area contributed by atoms with Crippen LogP contribution in [0.5, 0.6) is 11.5 Å². The number of ether oxygens (including phenoxy) is 2. The van der Waals surface area contributed by atoms with Gasteiger partial charge in [0.25, 0.3) is 5.91 Å². The summed E-state index contributed by atoms with van der Waals surface area (Å²) in [6.45, 7) is 0.0180. The number of amidine groups is 1. The summed E-state index contributed by atoms with van der Waals surface area (Å²) in [4.78, 5) is 30.3. The second kappa shape index (κ2) is 11.0. The Morgan fingerprint density at radius 1 is 1.19 bits per heavy atom. The molecule has 3 aromatic rings. The highest BCUT2D eigenvalue weighted by molar-refractivity contribution is 9.10. The predicted molar refractivity (Wildman–Crippen MR) is 140 cm³/mol. The number of rotatable bonds is 7. The van der Waals surface area contributed by atoms with E-state index in [-0.39, 0.29) is 23.9 Å². The smallest absolute Gasteiger partial charge is 0.335 e. The molecule has 184 valence electrons. The second-order valence-electron chi connectivity index (χ2n) is 7.64. The van der Waals surface area contributed by atoms with Gasteiger partial charge in [-0.25, -0.2) is 14.2 Å². The van der Waals surface area contributed by atoms with E-state index in [4.69, 9.17) is 9.47 Å². The van der Waals surface area contributed by atoms with Crippen LogP contribution in [0.1, 0.15) is 21.5 Å². The van der Waals surface area contributed by atoms with E-state index in [2.05, 4.69) is 20.9 Å². The van der Waals surface area contributed by atoms with E-state index in [1.807, 2.05) is 0 Å². The standard InChI is InChI=1S/C26H20BrFN2O5S/c1-30-24(31)22(36-26(30)29-18-8-5-7-16(13-18)25(32)33)12-15-10-19(27)23(21(11-15)34-2)35-14-17-6-3-4-9-20(17)28/h3-13H,14H2,1-2H3,(H,32,33). The summed E-state index contributed by atoms with van der Waals surface area (Å²) < 4.78 is 25.8. The van der Waals surface area contributed by atoms with Gasteiger partial charge in [0.05, 0.1) is 27.7 Å². The Balaban J connectivity index is 1.58. The van der Waals surface area contributed by atoms with Crippen LogP contribution in [0.4, 0.5) is 10.1 Å². The number of thioether (sulfide) groups is 1. The summed E-state index contributed by atoms with van der Waals surface area (Å²) in [7, 11) is 3.10. The number of benzene rings is 3. The molecule has 3 aromatic carbocycles. The quantitative estimate of drug-likeness (QED) is 0.345. The number of amides is 1. The molecule has 7 nitrogen and oxygen atoms in total. The maximum atomic E-state index is 14.0.